The van der Waals surface area contributed by atoms with Gasteiger partial charge in [-0.3, -0.25) is 0 Å². The Morgan fingerprint density at radius 2 is 1.14 bits per heavy atom. The van der Waals surface area contributed by atoms with Gasteiger partial charge in [0.15, 0.2) is 23.3 Å². The van der Waals surface area contributed by atoms with Gasteiger partial charge >= 0.3 is 0 Å². The Balaban J connectivity index is 3.43. The van der Waals surface area contributed by atoms with E-state index in [1.165, 1.54) is 0 Å². The van der Waals surface area contributed by atoms with E-state index in [4.69, 9.17) is 0 Å². The van der Waals surface area contributed by atoms with E-state index in [2.05, 4.69) is 6.26 Å². The molecule has 0 aliphatic carbocycles. The zero-order valence-corrected chi connectivity index (χ0v) is 7.53. The lowest BCUT2D eigenvalue weighted by molar-refractivity contribution is 0.372. The predicted molar refractivity (Wildman–Crippen MR) is 42.9 cm³/mol. The molecule has 0 aromatic heterocycles. The fraction of sp³-hybridized carbons (Fsp3) is 0.125. The van der Waals surface area contributed by atoms with Gasteiger partial charge in [0.25, 0.3) is 0 Å². The van der Waals surface area contributed by atoms with E-state index < -0.39 is 34.6 Å². The molecule has 6 heteroatoms. The minimum Gasteiger partial charge on any atom is -0.203 e. The number of thioether (sulfide) groups is 1. The zero-order valence-electron chi connectivity index (χ0n) is 6.71. The van der Waals surface area contributed by atoms with Gasteiger partial charge in [0.05, 0.1) is 0 Å². The Hall–Kier alpha value is -0.780. The topological polar surface area (TPSA) is 0 Å². The third-order valence-electron chi connectivity index (χ3n) is 1.55. The number of halogens is 5. The molecule has 77 valence electrons. The molecule has 0 heterocycles. The molecule has 0 saturated carbocycles. The first-order valence-electron chi connectivity index (χ1n) is 3.38. The summed E-state index contributed by atoms with van der Waals surface area (Å²) in [7, 11) is 0. The minimum absolute atomic E-state index is 0.369. The molecule has 0 atom stereocenters. The summed E-state index contributed by atoms with van der Waals surface area (Å²) in [6.07, 6.45) is 3.19. The molecule has 0 fully saturated rings. The maximum absolute atomic E-state index is 12.8. The zero-order chi connectivity index (χ0) is 10.9. The lowest BCUT2D eigenvalue weighted by Gasteiger charge is -2.05. The molecular weight excluding hydrogens is 223 g/mol. The highest BCUT2D eigenvalue weighted by atomic mass is 32.2. The SMILES string of the molecule is [CH2]SCc1c(F)c(F)c(F)c(F)c1F. The van der Waals surface area contributed by atoms with Gasteiger partial charge in [-0.05, 0) is 0 Å². The highest BCUT2D eigenvalue weighted by Crippen LogP contribution is 2.25. The molecule has 0 saturated heterocycles. The van der Waals surface area contributed by atoms with Gasteiger partial charge in [0.2, 0.25) is 5.82 Å². The van der Waals surface area contributed by atoms with Crippen LogP contribution < -0.4 is 0 Å². The van der Waals surface area contributed by atoms with Crippen molar-refractivity contribution >= 4 is 11.8 Å². The van der Waals surface area contributed by atoms with E-state index in [-0.39, 0.29) is 5.75 Å². The highest BCUT2D eigenvalue weighted by Gasteiger charge is 2.24. The molecule has 0 bridgehead atoms. The van der Waals surface area contributed by atoms with Crippen LogP contribution in [0.25, 0.3) is 0 Å². The van der Waals surface area contributed by atoms with Gasteiger partial charge in [-0.2, -0.15) is 11.8 Å². The lowest BCUT2D eigenvalue weighted by atomic mass is 10.2. The molecule has 0 spiro atoms. The molecule has 1 radical (unpaired) electrons. The normalized spacial score (nSPS) is 10.7. The van der Waals surface area contributed by atoms with Crippen molar-refractivity contribution in [1.29, 1.82) is 0 Å². The summed E-state index contributed by atoms with van der Waals surface area (Å²) in [5.74, 6) is -9.94. The lowest BCUT2D eigenvalue weighted by Crippen LogP contribution is -2.05. The Labute approximate surface area is 81.1 Å². The Morgan fingerprint density at radius 1 is 0.786 bits per heavy atom. The van der Waals surface area contributed by atoms with Crippen molar-refractivity contribution in [2.45, 2.75) is 5.75 Å². The second-order valence-corrected chi connectivity index (χ2v) is 3.09. The average Bonchev–Trinajstić information content (AvgIpc) is 2.19. The van der Waals surface area contributed by atoms with Crippen molar-refractivity contribution in [3.63, 3.8) is 0 Å². The van der Waals surface area contributed by atoms with Crippen LogP contribution in [0.1, 0.15) is 5.56 Å². The number of hydrogen-bond donors (Lipinski definition) is 0. The van der Waals surface area contributed by atoms with Crippen molar-refractivity contribution in [3.05, 3.63) is 40.9 Å². The quantitative estimate of drug-likeness (QED) is 0.424. The van der Waals surface area contributed by atoms with Crippen molar-refractivity contribution in [2.24, 2.45) is 0 Å². The number of hydrogen-bond acceptors (Lipinski definition) is 1. The predicted octanol–water partition coefficient (Wildman–Crippen LogP) is 3.41. The Kier molecular flexibility index (Phi) is 3.36. The van der Waals surface area contributed by atoms with Crippen LogP contribution in [0.15, 0.2) is 0 Å². The first-order chi connectivity index (χ1) is 6.50. The van der Waals surface area contributed by atoms with E-state index in [1.807, 2.05) is 0 Å². The van der Waals surface area contributed by atoms with Gasteiger partial charge in [-0.1, -0.05) is 0 Å². The molecule has 0 unspecified atom stereocenters. The van der Waals surface area contributed by atoms with E-state index >= 15 is 0 Å². The first kappa shape index (κ1) is 11.3. The number of benzene rings is 1. The fourth-order valence-corrected chi connectivity index (χ4v) is 1.34. The summed E-state index contributed by atoms with van der Waals surface area (Å²) >= 11 is 0.721. The molecule has 0 aliphatic rings. The van der Waals surface area contributed by atoms with Gasteiger partial charge in [-0.25, -0.2) is 22.0 Å². The molecule has 1 rings (SSSR count). The Bertz CT molecular complexity index is 334. The molecule has 1 aromatic carbocycles. The molecule has 14 heavy (non-hydrogen) atoms. The van der Waals surface area contributed by atoms with Crippen molar-refractivity contribution in [2.75, 3.05) is 0 Å². The van der Waals surface area contributed by atoms with Crippen molar-refractivity contribution < 1.29 is 22.0 Å². The van der Waals surface area contributed by atoms with Crippen LogP contribution in [0, 0.1) is 35.3 Å². The van der Waals surface area contributed by atoms with Crippen LogP contribution in [-0.2, 0) is 5.75 Å². The Morgan fingerprint density at radius 3 is 1.50 bits per heavy atom. The summed E-state index contributed by atoms with van der Waals surface area (Å²) in [4.78, 5) is 0. The second-order valence-electron chi connectivity index (χ2n) is 2.40. The van der Waals surface area contributed by atoms with E-state index in [9.17, 15) is 22.0 Å². The third kappa shape index (κ3) is 1.70. The van der Waals surface area contributed by atoms with Gasteiger partial charge in [0.1, 0.15) is 0 Å². The van der Waals surface area contributed by atoms with E-state index in [0.717, 1.165) is 11.8 Å². The molecular formula is C8H4F5S. The second kappa shape index (κ2) is 4.16. The van der Waals surface area contributed by atoms with Crippen LogP contribution in [0.3, 0.4) is 0 Å². The van der Waals surface area contributed by atoms with Gasteiger partial charge in [0, 0.05) is 17.6 Å². The summed E-state index contributed by atoms with van der Waals surface area (Å²) in [5.41, 5.74) is -0.846. The molecule has 0 aliphatic heterocycles. The average molecular weight is 227 g/mol. The van der Waals surface area contributed by atoms with Crippen molar-refractivity contribution in [3.8, 4) is 0 Å². The van der Waals surface area contributed by atoms with Crippen molar-refractivity contribution in [1.82, 2.24) is 0 Å². The smallest absolute Gasteiger partial charge is 0.200 e. The summed E-state index contributed by atoms with van der Waals surface area (Å²) in [5, 5.41) is 0. The summed E-state index contributed by atoms with van der Waals surface area (Å²) < 4.78 is 63.2. The van der Waals surface area contributed by atoms with Crippen LogP contribution in [-0.4, -0.2) is 0 Å². The minimum atomic E-state index is -2.14. The fourth-order valence-electron chi connectivity index (χ4n) is 0.879. The van der Waals surface area contributed by atoms with Crippen LogP contribution >= 0.6 is 11.8 Å². The maximum atomic E-state index is 12.8. The summed E-state index contributed by atoms with van der Waals surface area (Å²) in [6.45, 7) is 0. The van der Waals surface area contributed by atoms with E-state index in [0.29, 0.717) is 0 Å². The van der Waals surface area contributed by atoms with Crippen LogP contribution in [0.2, 0.25) is 0 Å². The largest absolute Gasteiger partial charge is 0.203 e. The van der Waals surface area contributed by atoms with Gasteiger partial charge < -0.3 is 0 Å². The monoisotopic (exact) mass is 227 g/mol. The molecule has 1 aromatic rings. The number of rotatable bonds is 2. The molecule has 0 amide bonds. The molecule has 0 nitrogen and oxygen atoms in total. The standard InChI is InChI=1S/C8H4F5S/c1-14-2-3-4(9)6(11)8(13)7(12)5(3)10/h1-2H2. The van der Waals surface area contributed by atoms with Crippen LogP contribution in [0.4, 0.5) is 22.0 Å². The molecule has 0 N–H and O–H groups in total. The van der Waals surface area contributed by atoms with Gasteiger partial charge in [-0.15, -0.1) is 0 Å². The van der Waals surface area contributed by atoms with E-state index in [1.54, 1.807) is 0 Å². The van der Waals surface area contributed by atoms with Crippen LogP contribution in [0.5, 0.6) is 0 Å². The highest BCUT2D eigenvalue weighted by molar-refractivity contribution is 7.99. The summed E-state index contributed by atoms with van der Waals surface area (Å²) in [6, 6.07) is 0. The maximum Gasteiger partial charge on any atom is 0.200 e. The third-order valence-corrected chi connectivity index (χ3v) is 2.04. The first-order valence-corrected chi connectivity index (χ1v) is 4.53.